The second kappa shape index (κ2) is 10.5. The minimum absolute atomic E-state index is 0.0539. The fourth-order valence-corrected chi connectivity index (χ4v) is 4.53. The maximum atomic E-state index is 11.8. The Labute approximate surface area is 211 Å². The number of fused-ring (bicyclic) bond motifs is 1. The van der Waals surface area contributed by atoms with Crippen LogP contribution in [0.2, 0.25) is 0 Å². The van der Waals surface area contributed by atoms with E-state index in [1.165, 1.54) is 0 Å². The molecule has 0 aliphatic carbocycles. The number of aromatic nitrogens is 3. The molecule has 0 spiro atoms. The summed E-state index contributed by atoms with van der Waals surface area (Å²) in [4.78, 5) is 25.3. The van der Waals surface area contributed by atoms with Gasteiger partial charge in [-0.2, -0.15) is 4.98 Å². The van der Waals surface area contributed by atoms with Crippen molar-refractivity contribution in [1.29, 1.82) is 0 Å². The van der Waals surface area contributed by atoms with E-state index in [4.69, 9.17) is 19.4 Å². The first-order valence-corrected chi connectivity index (χ1v) is 12.4. The zero-order chi connectivity index (χ0) is 26.0. The van der Waals surface area contributed by atoms with Crippen molar-refractivity contribution in [3.05, 3.63) is 30.0 Å². The van der Waals surface area contributed by atoms with Crippen molar-refractivity contribution >= 4 is 28.6 Å². The van der Waals surface area contributed by atoms with Gasteiger partial charge in [0.2, 0.25) is 17.7 Å². The Balaban J connectivity index is 1.71. The SMILES string of the molecule is CCOc1ccc([C@@H](C)Nc2nc(N3CCN(C(C)=O)CC3)nc3c(O)n(C(C)C)cc23)c(OC)c1. The third-order valence-electron chi connectivity index (χ3n) is 6.56. The highest BCUT2D eigenvalue weighted by Crippen LogP contribution is 2.37. The van der Waals surface area contributed by atoms with Crippen LogP contribution in [0.5, 0.6) is 17.4 Å². The minimum Gasteiger partial charge on any atom is -0.496 e. The van der Waals surface area contributed by atoms with Crippen molar-refractivity contribution in [1.82, 2.24) is 19.4 Å². The highest BCUT2D eigenvalue weighted by atomic mass is 16.5. The van der Waals surface area contributed by atoms with E-state index < -0.39 is 0 Å². The molecule has 1 saturated heterocycles. The number of amides is 1. The fraction of sp³-hybridized carbons (Fsp3) is 0.500. The van der Waals surface area contributed by atoms with Gasteiger partial charge in [-0.1, -0.05) is 0 Å². The third kappa shape index (κ3) is 4.98. The summed E-state index contributed by atoms with van der Waals surface area (Å²) >= 11 is 0. The quantitative estimate of drug-likeness (QED) is 0.483. The molecule has 10 nitrogen and oxygen atoms in total. The van der Waals surface area contributed by atoms with Gasteiger partial charge in [-0.15, -0.1) is 0 Å². The van der Waals surface area contributed by atoms with Gasteiger partial charge < -0.3 is 34.3 Å². The van der Waals surface area contributed by atoms with E-state index in [0.717, 1.165) is 22.4 Å². The van der Waals surface area contributed by atoms with Crippen LogP contribution < -0.4 is 19.7 Å². The first-order valence-electron chi connectivity index (χ1n) is 12.4. The molecule has 3 heterocycles. The molecule has 1 fully saturated rings. The molecule has 0 unspecified atom stereocenters. The van der Waals surface area contributed by atoms with Crippen molar-refractivity contribution in [2.45, 2.75) is 46.7 Å². The summed E-state index contributed by atoms with van der Waals surface area (Å²) in [6.45, 7) is 12.6. The zero-order valence-electron chi connectivity index (χ0n) is 21.9. The van der Waals surface area contributed by atoms with E-state index in [9.17, 15) is 9.90 Å². The Bertz CT molecular complexity index is 1230. The van der Waals surface area contributed by atoms with E-state index in [1.807, 2.05) is 57.0 Å². The highest BCUT2D eigenvalue weighted by Gasteiger charge is 2.25. The normalized spacial score (nSPS) is 14.9. The minimum atomic E-state index is -0.152. The Kier molecular flexibility index (Phi) is 7.42. The Hall–Kier alpha value is -3.69. The lowest BCUT2D eigenvalue weighted by Crippen LogP contribution is -2.48. The van der Waals surface area contributed by atoms with Gasteiger partial charge in [-0.05, 0) is 39.8 Å². The number of piperazine rings is 1. The van der Waals surface area contributed by atoms with Gasteiger partial charge in [0.25, 0.3) is 0 Å². The molecule has 3 aromatic rings. The number of benzene rings is 1. The van der Waals surface area contributed by atoms with Gasteiger partial charge in [0, 0.05) is 57.0 Å². The topological polar surface area (TPSA) is 105 Å². The van der Waals surface area contributed by atoms with Crippen LogP contribution in [0.15, 0.2) is 24.4 Å². The Morgan fingerprint density at radius 2 is 1.89 bits per heavy atom. The van der Waals surface area contributed by atoms with Crippen molar-refractivity contribution in [3.63, 3.8) is 0 Å². The van der Waals surface area contributed by atoms with Crippen molar-refractivity contribution in [2.24, 2.45) is 0 Å². The summed E-state index contributed by atoms with van der Waals surface area (Å²) in [6.07, 6.45) is 1.89. The maximum Gasteiger partial charge on any atom is 0.228 e. The number of ether oxygens (including phenoxy) is 2. The molecule has 10 heteroatoms. The number of carbonyl (C=O) groups excluding carboxylic acids is 1. The highest BCUT2D eigenvalue weighted by molar-refractivity contribution is 5.94. The van der Waals surface area contributed by atoms with Crippen LogP contribution in [0, 0.1) is 0 Å². The zero-order valence-corrected chi connectivity index (χ0v) is 21.9. The first-order chi connectivity index (χ1) is 17.2. The molecule has 194 valence electrons. The van der Waals surface area contributed by atoms with Gasteiger partial charge in [0.05, 0.1) is 25.1 Å². The molecule has 1 aliphatic rings. The maximum absolute atomic E-state index is 11.8. The van der Waals surface area contributed by atoms with Crippen LogP contribution >= 0.6 is 0 Å². The predicted molar refractivity (Wildman–Crippen MR) is 140 cm³/mol. The first kappa shape index (κ1) is 25.4. The Morgan fingerprint density at radius 3 is 2.50 bits per heavy atom. The van der Waals surface area contributed by atoms with Crippen LogP contribution in [-0.2, 0) is 4.79 Å². The van der Waals surface area contributed by atoms with E-state index in [0.29, 0.717) is 50.1 Å². The molecule has 0 radical (unpaired) electrons. The number of nitrogens with zero attached hydrogens (tertiary/aromatic N) is 5. The molecule has 36 heavy (non-hydrogen) atoms. The second-order valence-corrected chi connectivity index (χ2v) is 9.28. The summed E-state index contributed by atoms with van der Waals surface area (Å²) in [6, 6.07) is 5.70. The number of carbonyl (C=O) groups is 1. The van der Waals surface area contributed by atoms with Crippen molar-refractivity contribution in [2.75, 3.05) is 50.1 Å². The number of rotatable bonds is 8. The van der Waals surface area contributed by atoms with Crippen LogP contribution in [0.25, 0.3) is 10.9 Å². The lowest BCUT2D eigenvalue weighted by atomic mass is 10.1. The largest absolute Gasteiger partial charge is 0.496 e. The molecular weight excluding hydrogens is 460 g/mol. The van der Waals surface area contributed by atoms with Crippen LogP contribution in [0.3, 0.4) is 0 Å². The molecule has 1 aliphatic heterocycles. The summed E-state index contributed by atoms with van der Waals surface area (Å²) in [7, 11) is 1.64. The molecule has 2 aromatic heterocycles. The third-order valence-corrected chi connectivity index (χ3v) is 6.56. The van der Waals surface area contributed by atoms with E-state index >= 15 is 0 Å². The lowest BCUT2D eigenvalue weighted by Gasteiger charge is -2.34. The number of anilines is 2. The average Bonchev–Trinajstić information content (AvgIpc) is 3.21. The fourth-order valence-electron chi connectivity index (χ4n) is 4.53. The molecule has 1 amide bonds. The van der Waals surface area contributed by atoms with Gasteiger partial charge >= 0.3 is 0 Å². The number of hydrogen-bond donors (Lipinski definition) is 2. The smallest absolute Gasteiger partial charge is 0.228 e. The average molecular weight is 497 g/mol. The number of hydrogen-bond acceptors (Lipinski definition) is 8. The summed E-state index contributed by atoms with van der Waals surface area (Å²) in [5, 5.41) is 15.2. The number of methoxy groups -OCH3 is 1. The van der Waals surface area contributed by atoms with Gasteiger partial charge in [-0.25, -0.2) is 4.98 Å². The molecule has 0 saturated carbocycles. The van der Waals surface area contributed by atoms with Gasteiger partial charge in [-0.3, -0.25) is 4.79 Å². The molecule has 2 N–H and O–H groups in total. The molecule has 0 bridgehead atoms. The van der Waals surface area contributed by atoms with Gasteiger partial charge in [0.1, 0.15) is 22.8 Å². The van der Waals surface area contributed by atoms with Crippen LogP contribution in [-0.4, -0.2) is 70.3 Å². The predicted octanol–water partition coefficient (Wildman–Crippen LogP) is 3.97. The van der Waals surface area contributed by atoms with Crippen molar-refractivity contribution in [3.8, 4) is 17.4 Å². The molecule has 4 rings (SSSR count). The van der Waals surface area contributed by atoms with E-state index in [2.05, 4.69) is 10.2 Å². The lowest BCUT2D eigenvalue weighted by molar-refractivity contribution is -0.129. The van der Waals surface area contributed by atoms with Crippen LogP contribution in [0.1, 0.15) is 52.3 Å². The van der Waals surface area contributed by atoms with E-state index in [-0.39, 0.29) is 23.9 Å². The number of nitrogens with one attached hydrogen (secondary N) is 1. The van der Waals surface area contributed by atoms with Gasteiger partial charge in [0.15, 0.2) is 0 Å². The van der Waals surface area contributed by atoms with Crippen molar-refractivity contribution < 1.29 is 19.4 Å². The molecule has 1 aromatic carbocycles. The second-order valence-electron chi connectivity index (χ2n) is 9.28. The number of aromatic hydroxyl groups is 1. The molecule has 1 atom stereocenters. The summed E-state index contributed by atoms with van der Waals surface area (Å²) in [5.41, 5.74) is 1.45. The summed E-state index contributed by atoms with van der Waals surface area (Å²) < 4.78 is 13.1. The summed E-state index contributed by atoms with van der Waals surface area (Å²) in [5.74, 6) is 2.80. The molecular formula is C26H36N6O4. The standard InChI is InChI=1S/C26H36N6O4/c1-7-36-19-8-9-20(22(14-19)35-6)17(4)27-24-21-15-32(16(2)3)25(34)23(21)28-26(29-24)31-12-10-30(11-13-31)18(5)33/h8-9,14-17,34H,7,10-13H2,1-6H3,(H,27,28,29)/t17-/m1/s1. The Morgan fingerprint density at radius 1 is 1.17 bits per heavy atom. The monoisotopic (exact) mass is 496 g/mol. The van der Waals surface area contributed by atoms with E-state index in [1.54, 1.807) is 18.6 Å². The van der Waals surface area contributed by atoms with Crippen LogP contribution in [0.4, 0.5) is 11.8 Å².